The zero-order valence-electron chi connectivity index (χ0n) is 16.7. The quantitative estimate of drug-likeness (QED) is 0.699. The molecule has 1 saturated heterocycles. The summed E-state index contributed by atoms with van der Waals surface area (Å²) >= 11 is 0. The number of primary amides is 1. The molecular formula is C21H30N6O. The van der Waals surface area contributed by atoms with Crippen molar-refractivity contribution >= 4 is 11.7 Å². The third-order valence-corrected chi connectivity index (χ3v) is 5.18. The van der Waals surface area contributed by atoms with E-state index in [2.05, 4.69) is 46.8 Å². The van der Waals surface area contributed by atoms with Gasteiger partial charge in [0.25, 0.3) is 5.91 Å². The van der Waals surface area contributed by atoms with Crippen molar-refractivity contribution in [3.05, 3.63) is 52.8 Å². The van der Waals surface area contributed by atoms with Crippen LogP contribution in [0.1, 0.15) is 43.1 Å². The molecule has 1 aliphatic carbocycles. The normalized spacial score (nSPS) is 20.4. The highest BCUT2D eigenvalue weighted by Crippen LogP contribution is 2.14. The van der Waals surface area contributed by atoms with Crippen molar-refractivity contribution in [1.29, 1.82) is 0 Å². The first-order valence-corrected chi connectivity index (χ1v) is 9.97. The van der Waals surface area contributed by atoms with Gasteiger partial charge in [0, 0.05) is 19.6 Å². The highest BCUT2D eigenvalue weighted by atomic mass is 16.1. The van der Waals surface area contributed by atoms with Crippen LogP contribution in [0.4, 0.5) is 5.82 Å². The van der Waals surface area contributed by atoms with Gasteiger partial charge in [0.2, 0.25) is 0 Å². The number of anilines is 1. The number of nitrogens with two attached hydrogens (primary N) is 1. The van der Waals surface area contributed by atoms with E-state index in [1.807, 2.05) is 0 Å². The summed E-state index contributed by atoms with van der Waals surface area (Å²) in [5.74, 6) is 0.181. The minimum atomic E-state index is -0.510. The Morgan fingerprint density at radius 3 is 3.04 bits per heavy atom. The molecule has 0 saturated carbocycles. The Morgan fingerprint density at radius 2 is 2.32 bits per heavy atom. The molecule has 150 valence electrons. The van der Waals surface area contributed by atoms with Crippen LogP contribution < -0.4 is 21.9 Å². The predicted octanol–water partition coefficient (Wildman–Crippen LogP) is 1.81. The molecule has 2 aliphatic rings. The number of hydrogen-bond acceptors (Lipinski definition) is 5. The number of piperidine rings is 1. The average Bonchev–Trinajstić information content (AvgIpc) is 2.93. The number of amides is 1. The van der Waals surface area contributed by atoms with Crippen LogP contribution in [0.3, 0.4) is 0 Å². The van der Waals surface area contributed by atoms with Gasteiger partial charge in [0.1, 0.15) is 5.69 Å². The predicted molar refractivity (Wildman–Crippen MR) is 112 cm³/mol. The fourth-order valence-electron chi connectivity index (χ4n) is 3.46. The number of allylic oxidation sites excluding steroid dienone is 5. The molecule has 1 fully saturated rings. The van der Waals surface area contributed by atoms with Gasteiger partial charge in [-0.1, -0.05) is 31.2 Å². The summed E-state index contributed by atoms with van der Waals surface area (Å²) in [5.41, 5.74) is 9.03. The minimum Gasteiger partial charge on any atom is -0.364 e. The van der Waals surface area contributed by atoms with E-state index in [-0.39, 0.29) is 0 Å². The Balaban J connectivity index is 1.91. The topological polar surface area (TPSA) is 97.3 Å². The maximum absolute atomic E-state index is 11.8. The summed E-state index contributed by atoms with van der Waals surface area (Å²) in [6.45, 7) is 4.64. The van der Waals surface area contributed by atoms with Gasteiger partial charge in [0.05, 0.1) is 12.7 Å². The standard InChI is InChI=1S/C21H30N6O/c1-3-15-6-4-7-16(10-9-15)12-25-21-20(26-17-8-5-11-23-13-17)24-14-18(19(22)28)27(21)2/h4,6,9-10,14,17,23H,3,5,7-8,11-13H2,1-2H3,(H2,22,28)(H,24,26)/t17-/m1/s1. The molecule has 0 bridgehead atoms. The van der Waals surface area contributed by atoms with Crippen molar-refractivity contribution < 1.29 is 4.79 Å². The highest BCUT2D eigenvalue weighted by molar-refractivity contribution is 5.90. The second kappa shape index (κ2) is 9.50. The molecule has 3 rings (SSSR count). The van der Waals surface area contributed by atoms with Crippen LogP contribution in [0.5, 0.6) is 0 Å². The van der Waals surface area contributed by atoms with E-state index in [1.165, 1.54) is 17.3 Å². The maximum Gasteiger partial charge on any atom is 0.266 e. The van der Waals surface area contributed by atoms with Crippen LogP contribution in [0, 0.1) is 0 Å². The van der Waals surface area contributed by atoms with Gasteiger partial charge in [0.15, 0.2) is 11.3 Å². The highest BCUT2D eigenvalue weighted by Gasteiger charge is 2.16. The lowest BCUT2D eigenvalue weighted by molar-refractivity contribution is 0.0991. The van der Waals surface area contributed by atoms with Gasteiger partial charge in [-0.2, -0.15) is 0 Å². The van der Waals surface area contributed by atoms with E-state index >= 15 is 0 Å². The molecule has 7 heteroatoms. The van der Waals surface area contributed by atoms with Gasteiger partial charge in [-0.05, 0) is 43.4 Å². The number of aromatic nitrogens is 2. The number of hydrogen-bond donors (Lipinski definition) is 3. The number of carbonyl (C=O) groups is 1. The van der Waals surface area contributed by atoms with Gasteiger partial charge in [-0.25, -0.2) is 4.98 Å². The molecule has 2 heterocycles. The third-order valence-electron chi connectivity index (χ3n) is 5.18. The Hall–Kier alpha value is -2.67. The molecule has 0 spiro atoms. The molecule has 4 N–H and O–H groups in total. The zero-order valence-corrected chi connectivity index (χ0v) is 16.7. The van der Waals surface area contributed by atoms with E-state index in [9.17, 15) is 4.79 Å². The molecule has 0 radical (unpaired) electrons. The zero-order chi connectivity index (χ0) is 19.9. The second-order valence-electron chi connectivity index (χ2n) is 7.27. The Bertz CT molecular complexity index is 871. The van der Waals surface area contributed by atoms with Gasteiger partial charge < -0.3 is 20.9 Å². The van der Waals surface area contributed by atoms with E-state index in [0.717, 1.165) is 38.8 Å². The van der Waals surface area contributed by atoms with Crippen molar-refractivity contribution in [2.45, 2.75) is 38.6 Å². The van der Waals surface area contributed by atoms with Crippen LogP contribution in [-0.2, 0) is 7.05 Å². The molecule has 0 aromatic carbocycles. The van der Waals surface area contributed by atoms with E-state index in [1.54, 1.807) is 11.6 Å². The SMILES string of the molecule is CCC1=CC=C(CN=c2c(N[C@@H]3CCCNC3)ncc(C(N)=O)n2C)CC=C1. The number of carbonyl (C=O) groups excluding carboxylic acids is 1. The summed E-state index contributed by atoms with van der Waals surface area (Å²) in [6.07, 6.45) is 14.2. The van der Waals surface area contributed by atoms with Crippen molar-refractivity contribution in [2.24, 2.45) is 17.8 Å². The van der Waals surface area contributed by atoms with Crippen molar-refractivity contribution in [3.8, 4) is 0 Å². The van der Waals surface area contributed by atoms with Crippen LogP contribution in [0.15, 0.2) is 46.6 Å². The Morgan fingerprint density at radius 1 is 1.46 bits per heavy atom. The second-order valence-corrected chi connectivity index (χ2v) is 7.27. The lowest BCUT2D eigenvalue weighted by Gasteiger charge is -2.24. The lowest BCUT2D eigenvalue weighted by Crippen LogP contribution is -2.41. The van der Waals surface area contributed by atoms with Crippen LogP contribution in [-0.4, -0.2) is 41.1 Å². The first-order chi connectivity index (χ1) is 13.6. The summed E-state index contributed by atoms with van der Waals surface area (Å²) in [6, 6.07) is 0.296. The Kier molecular flexibility index (Phi) is 6.81. The van der Waals surface area contributed by atoms with Crippen molar-refractivity contribution in [3.63, 3.8) is 0 Å². The molecule has 1 aliphatic heterocycles. The smallest absolute Gasteiger partial charge is 0.266 e. The Labute approximate surface area is 166 Å². The van der Waals surface area contributed by atoms with Gasteiger partial charge >= 0.3 is 0 Å². The number of nitrogens with one attached hydrogen (secondary N) is 2. The summed E-state index contributed by atoms with van der Waals surface area (Å²) in [7, 11) is 1.81. The molecule has 28 heavy (non-hydrogen) atoms. The first kappa shape index (κ1) is 20.1. The van der Waals surface area contributed by atoms with Gasteiger partial charge in [-0.15, -0.1) is 0 Å². The van der Waals surface area contributed by atoms with Crippen molar-refractivity contribution in [2.75, 3.05) is 25.0 Å². The first-order valence-electron chi connectivity index (χ1n) is 9.97. The average molecular weight is 383 g/mol. The van der Waals surface area contributed by atoms with E-state index < -0.39 is 5.91 Å². The molecule has 1 atom stereocenters. The van der Waals surface area contributed by atoms with E-state index in [4.69, 9.17) is 10.7 Å². The molecule has 1 aromatic rings. The van der Waals surface area contributed by atoms with Crippen LogP contribution in [0.25, 0.3) is 0 Å². The number of rotatable bonds is 6. The number of nitrogens with zero attached hydrogens (tertiary/aromatic N) is 3. The summed E-state index contributed by atoms with van der Waals surface area (Å²) < 4.78 is 1.73. The molecule has 1 amide bonds. The lowest BCUT2D eigenvalue weighted by atomic mass is 10.1. The monoisotopic (exact) mass is 382 g/mol. The summed E-state index contributed by atoms with van der Waals surface area (Å²) in [5, 5.41) is 6.88. The summed E-state index contributed by atoms with van der Waals surface area (Å²) in [4.78, 5) is 21.0. The molecule has 1 aromatic heterocycles. The molecular weight excluding hydrogens is 352 g/mol. The van der Waals surface area contributed by atoms with Crippen LogP contribution in [0.2, 0.25) is 0 Å². The van der Waals surface area contributed by atoms with Crippen molar-refractivity contribution in [1.82, 2.24) is 14.9 Å². The maximum atomic E-state index is 11.8. The van der Waals surface area contributed by atoms with E-state index in [0.29, 0.717) is 29.6 Å². The molecule has 0 unspecified atom stereocenters. The van der Waals surface area contributed by atoms with Gasteiger partial charge in [-0.3, -0.25) is 9.79 Å². The fourth-order valence-corrected chi connectivity index (χ4v) is 3.46. The van der Waals surface area contributed by atoms with Crippen LogP contribution >= 0.6 is 0 Å². The fraction of sp³-hybridized carbons (Fsp3) is 0.476. The third kappa shape index (κ3) is 4.98. The minimum absolute atomic E-state index is 0.296. The molecule has 7 nitrogen and oxygen atoms in total. The largest absolute Gasteiger partial charge is 0.364 e.